The lowest BCUT2D eigenvalue weighted by Crippen LogP contribution is -2.23. The van der Waals surface area contributed by atoms with Crippen LogP contribution < -0.4 is 20.5 Å². The minimum absolute atomic E-state index is 0.0201. The number of rotatable bonds is 5. The highest BCUT2D eigenvalue weighted by atomic mass is 79.9. The normalized spacial score (nSPS) is 12.0. The van der Waals surface area contributed by atoms with Crippen LogP contribution in [-0.4, -0.2) is 20.2 Å². The number of hydrogen-bond donors (Lipinski definition) is 2. The Morgan fingerprint density at radius 3 is 2.42 bits per heavy atom. The molecule has 0 saturated carbocycles. The second-order valence-corrected chi connectivity index (χ2v) is 6.11. The van der Waals surface area contributed by atoms with E-state index in [-0.39, 0.29) is 18.1 Å². The second-order valence-electron chi connectivity index (χ2n) is 5.20. The van der Waals surface area contributed by atoms with Gasteiger partial charge in [-0.2, -0.15) is 13.2 Å². The van der Waals surface area contributed by atoms with E-state index >= 15 is 0 Å². The van der Waals surface area contributed by atoms with Crippen molar-refractivity contribution in [1.82, 2.24) is 0 Å². The van der Waals surface area contributed by atoms with E-state index in [1.165, 1.54) is 26.4 Å². The zero-order chi connectivity index (χ0) is 19.3. The summed E-state index contributed by atoms with van der Waals surface area (Å²) in [6.07, 6.45) is -4.47. The van der Waals surface area contributed by atoms with Crippen LogP contribution in [0.4, 0.5) is 18.9 Å². The highest BCUT2D eigenvalue weighted by Gasteiger charge is 2.33. The number of nitrogens with zero attached hydrogens (tertiary/aromatic N) is 1. The van der Waals surface area contributed by atoms with E-state index < -0.39 is 11.7 Å². The molecule has 5 nitrogen and oxygen atoms in total. The van der Waals surface area contributed by atoms with E-state index in [4.69, 9.17) is 15.2 Å². The minimum atomic E-state index is -4.47. The molecule has 0 saturated heterocycles. The molecule has 0 amide bonds. The molecule has 2 aromatic rings. The van der Waals surface area contributed by atoms with Crippen LogP contribution in [0.25, 0.3) is 0 Å². The maximum atomic E-state index is 13.1. The first-order chi connectivity index (χ1) is 12.2. The molecular formula is C17H17BrF3N3O2. The maximum absolute atomic E-state index is 13.1. The summed E-state index contributed by atoms with van der Waals surface area (Å²) in [5.74, 6) is 1.00. The second kappa shape index (κ2) is 8.31. The molecule has 0 aliphatic rings. The Morgan fingerprint density at radius 2 is 1.81 bits per heavy atom. The Bertz CT molecular complexity index is 810. The molecule has 0 aromatic heterocycles. The molecule has 0 unspecified atom stereocenters. The van der Waals surface area contributed by atoms with Gasteiger partial charge in [-0.05, 0) is 29.8 Å². The Kier molecular flexibility index (Phi) is 6.36. The van der Waals surface area contributed by atoms with Crippen LogP contribution in [0.3, 0.4) is 0 Å². The van der Waals surface area contributed by atoms with E-state index in [0.29, 0.717) is 21.7 Å². The van der Waals surface area contributed by atoms with Crippen LogP contribution >= 0.6 is 15.9 Å². The molecule has 0 aliphatic carbocycles. The van der Waals surface area contributed by atoms with Crippen molar-refractivity contribution in [3.8, 4) is 11.5 Å². The van der Waals surface area contributed by atoms with Crippen LogP contribution in [-0.2, 0) is 12.7 Å². The van der Waals surface area contributed by atoms with Gasteiger partial charge < -0.3 is 20.5 Å². The van der Waals surface area contributed by atoms with Gasteiger partial charge in [-0.3, -0.25) is 0 Å². The summed E-state index contributed by atoms with van der Waals surface area (Å²) >= 11 is 3.04. The Balaban J connectivity index is 2.17. The summed E-state index contributed by atoms with van der Waals surface area (Å²) in [6, 6.07) is 8.90. The number of nitrogens with one attached hydrogen (secondary N) is 1. The van der Waals surface area contributed by atoms with E-state index in [2.05, 4.69) is 26.2 Å². The first-order valence-electron chi connectivity index (χ1n) is 7.39. The van der Waals surface area contributed by atoms with E-state index in [0.717, 1.165) is 6.07 Å². The van der Waals surface area contributed by atoms with E-state index in [9.17, 15) is 13.2 Å². The maximum Gasteiger partial charge on any atom is 0.416 e. The van der Waals surface area contributed by atoms with Crippen LogP contribution in [0.15, 0.2) is 45.9 Å². The summed E-state index contributed by atoms with van der Waals surface area (Å²) in [7, 11) is 3.00. The lowest BCUT2D eigenvalue weighted by atomic mass is 10.1. The molecule has 2 rings (SSSR count). The quantitative estimate of drug-likeness (QED) is 0.543. The average Bonchev–Trinajstić information content (AvgIpc) is 2.59. The third-order valence-electron chi connectivity index (χ3n) is 3.45. The number of methoxy groups -OCH3 is 2. The number of benzene rings is 2. The molecule has 9 heteroatoms. The summed E-state index contributed by atoms with van der Waals surface area (Å²) in [4.78, 5) is 3.99. The largest absolute Gasteiger partial charge is 0.493 e. The number of alkyl halides is 3. The van der Waals surface area contributed by atoms with Gasteiger partial charge in [0.05, 0.1) is 26.3 Å². The van der Waals surface area contributed by atoms with Crippen molar-refractivity contribution in [2.24, 2.45) is 10.7 Å². The summed E-state index contributed by atoms with van der Waals surface area (Å²) in [5.41, 5.74) is 5.62. The molecule has 0 heterocycles. The first kappa shape index (κ1) is 19.9. The van der Waals surface area contributed by atoms with Gasteiger partial charge in [-0.15, -0.1) is 0 Å². The molecule has 0 spiro atoms. The molecule has 0 bridgehead atoms. The van der Waals surface area contributed by atoms with Gasteiger partial charge in [0.2, 0.25) is 0 Å². The molecule has 3 N–H and O–H groups in total. The summed E-state index contributed by atoms with van der Waals surface area (Å²) in [6.45, 7) is -0.214. The van der Waals surface area contributed by atoms with E-state index in [1.807, 2.05) is 0 Å². The van der Waals surface area contributed by atoms with Crippen LogP contribution in [0.5, 0.6) is 11.5 Å². The zero-order valence-corrected chi connectivity index (χ0v) is 15.6. The first-order valence-corrected chi connectivity index (χ1v) is 8.18. The van der Waals surface area contributed by atoms with Gasteiger partial charge in [0.25, 0.3) is 0 Å². The van der Waals surface area contributed by atoms with Gasteiger partial charge in [-0.1, -0.05) is 22.0 Å². The zero-order valence-electron chi connectivity index (χ0n) is 14.0. The van der Waals surface area contributed by atoms with Crippen LogP contribution in [0, 0.1) is 0 Å². The van der Waals surface area contributed by atoms with E-state index in [1.54, 1.807) is 18.2 Å². The monoisotopic (exact) mass is 431 g/mol. The predicted octanol–water partition coefficient (Wildman–Crippen LogP) is 4.41. The van der Waals surface area contributed by atoms with Gasteiger partial charge in [0, 0.05) is 16.2 Å². The Hall–Kier alpha value is -2.42. The van der Waals surface area contributed by atoms with Crippen molar-refractivity contribution >= 4 is 27.6 Å². The lowest BCUT2D eigenvalue weighted by Gasteiger charge is -2.13. The standard InChI is InChI=1S/C17H17BrF3N3O2/c1-25-14-6-5-12(8-15(14)26-2)24-16(22)23-9-10-3-4-11(18)7-13(10)17(19,20)21/h3-8H,9H2,1-2H3,(H3,22,23,24). The molecule has 140 valence electrons. The Labute approximate surface area is 157 Å². The summed E-state index contributed by atoms with van der Waals surface area (Å²) < 4.78 is 50.0. The molecular weight excluding hydrogens is 415 g/mol. The highest BCUT2D eigenvalue weighted by molar-refractivity contribution is 9.10. The van der Waals surface area contributed by atoms with Crippen molar-refractivity contribution in [3.05, 3.63) is 52.0 Å². The van der Waals surface area contributed by atoms with Crippen molar-refractivity contribution in [1.29, 1.82) is 0 Å². The van der Waals surface area contributed by atoms with Crippen molar-refractivity contribution in [2.75, 3.05) is 19.5 Å². The topological polar surface area (TPSA) is 68.9 Å². The SMILES string of the molecule is COc1ccc(NC(N)=NCc2ccc(Br)cc2C(F)(F)F)cc1OC. The van der Waals surface area contributed by atoms with Gasteiger partial charge in [0.1, 0.15) is 0 Å². The molecule has 2 aromatic carbocycles. The molecule has 0 radical (unpaired) electrons. The number of aliphatic imine (C=N–C) groups is 1. The smallest absolute Gasteiger partial charge is 0.416 e. The van der Waals surface area contributed by atoms with Crippen LogP contribution in [0.2, 0.25) is 0 Å². The average molecular weight is 432 g/mol. The predicted molar refractivity (Wildman–Crippen MR) is 97.6 cm³/mol. The van der Waals surface area contributed by atoms with Crippen molar-refractivity contribution in [2.45, 2.75) is 12.7 Å². The minimum Gasteiger partial charge on any atom is -0.493 e. The molecule has 26 heavy (non-hydrogen) atoms. The fourth-order valence-corrected chi connectivity index (χ4v) is 2.58. The third kappa shape index (κ3) is 5.04. The molecule has 0 aliphatic heterocycles. The lowest BCUT2D eigenvalue weighted by molar-refractivity contribution is -0.138. The third-order valence-corrected chi connectivity index (χ3v) is 3.95. The van der Waals surface area contributed by atoms with Crippen LogP contribution in [0.1, 0.15) is 11.1 Å². The van der Waals surface area contributed by atoms with Gasteiger partial charge >= 0.3 is 6.18 Å². The van der Waals surface area contributed by atoms with Crippen molar-refractivity contribution < 1.29 is 22.6 Å². The Morgan fingerprint density at radius 1 is 1.12 bits per heavy atom. The fraction of sp³-hybridized carbons (Fsp3) is 0.235. The number of ether oxygens (including phenoxy) is 2. The number of nitrogens with two attached hydrogens (primary N) is 1. The number of halogens is 4. The summed E-state index contributed by atoms with van der Waals surface area (Å²) in [5, 5.41) is 2.81. The van der Waals surface area contributed by atoms with Gasteiger partial charge in [-0.25, -0.2) is 4.99 Å². The fourth-order valence-electron chi connectivity index (χ4n) is 2.22. The molecule has 0 fully saturated rings. The van der Waals surface area contributed by atoms with Crippen molar-refractivity contribution in [3.63, 3.8) is 0 Å². The number of hydrogen-bond acceptors (Lipinski definition) is 3. The highest BCUT2D eigenvalue weighted by Crippen LogP contribution is 2.34. The number of guanidine groups is 1. The molecule has 0 atom stereocenters. The van der Waals surface area contributed by atoms with Gasteiger partial charge in [0.15, 0.2) is 17.5 Å². The number of anilines is 1.